The largest absolute Gasteiger partial charge is 0.207 e. The van der Waals surface area contributed by atoms with Crippen molar-refractivity contribution in [2.45, 2.75) is 20.3 Å². The molecule has 0 aromatic heterocycles. The van der Waals surface area contributed by atoms with E-state index >= 15 is 0 Å². The number of hydrogen-bond acceptors (Lipinski definition) is 0. The molecule has 0 aliphatic rings. The van der Waals surface area contributed by atoms with Gasteiger partial charge < -0.3 is 0 Å². The highest BCUT2D eigenvalue weighted by Crippen LogP contribution is 2.05. The van der Waals surface area contributed by atoms with E-state index in [0.717, 1.165) is 12.0 Å². The van der Waals surface area contributed by atoms with E-state index in [0.29, 0.717) is 5.56 Å². The summed E-state index contributed by atoms with van der Waals surface area (Å²) in [5.41, 5.74) is 1.49. The number of aryl methyl sites for hydroxylation is 2. The first-order chi connectivity index (χ1) is 8.15. The minimum Gasteiger partial charge on any atom is -0.207 e. The molecule has 0 radical (unpaired) electrons. The van der Waals surface area contributed by atoms with Crippen LogP contribution in [-0.4, -0.2) is 0 Å². The Bertz CT molecular complexity index is 443. The topological polar surface area (TPSA) is 0 Å². The van der Waals surface area contributed by atoms with Crippen molar-refractivity contribution < 1.29 is 8.78 Å². The van der Waals surface area contributed by atoms with Crippen LogP contribution in [0.15, 0.2) is 48.5 Å². The summed E-state index contributed by atoms with van der Waals surface area (Å²) >= 11 is 0. The molecule has 0 spiro atoms. The summed E-state index contributed by atoms with van der Waals surface area (Å²) in [4.78, 5) is 0. The molecule has 0 fully saturated rings. The molecule has 17 heavy (non-hydrogen) atoms. The molecule has 0 atom stereocenters. The van der Waals surface area contributed by atoms with Crippen molar-refractivity contribution >= 4 is 0 Å². The molecule has 0 saturated heterocycles. The molecule has 0 heterocycles. The first-order valence-corrected chi connectivity index (χ1v) is 5.59. The normalized spacial score (nSPS) is 9.41. The maximum absolute atomic E-state index is 12.6. The van der Waals surface area contributed by atoms with Gasteiger partial charge in [0.05, 0.1) is 0 Å². The van der Waals surface area contributed by atoms with E-state index in [1.54, 1.807) is 31.2 Å². The summed E-state index contributed by atoms with van der Waals surface area (Å²) in [6.45, 7) is 3.69. The van der Waals surface area contributed by atoms with Gasteiger partial charge in [0.15, 0.2) is 0 Å². The smallest absolute Gasteiger partial charge is 0.126 e. The molecule has 2 aromatic rings. The molecule has 0 N–H and O–H groups in total. The molecule has 2 rings (SSSR count). The summed E-state index contributed by atoms with van der Waals surface area (Å²) in [5.74, 6) is -0.229. The minimum absolute atomic E-state index is 0.0972. The third-order valence-corrected chi connectivity index (χ3v) is 2.42. The van der Waals surface area contributed by atoms with Crippen LogP contribution in [-0.2, 0) is 6.42 Å². The van der Waals surface area contributed by atoms with Crippen molar-refractivity contribution in [3.05, 3.63) is 71.3 Å². The Morgan fingerprint density at radius 3 is 1.71 bits per heavy atom. The maximum Gasteiger partial charge on any atom is 0.126 e. The van der Waals surface area contributed by atoms with Gasteiger partial charge in [-0.2, -0.15) is 0 Å². The van der Waals surface area contributed by atoms with Crippen LogP contribution in [0.4, 0.5) is 8.78 Å². The Labute approximate surface area is 101 Å². The van der Waals surface area contributed by atoms with Gasteiger partial charge in [-0.05, 0) is 36.6 Å². The molecule has 2 heteroatoms. The summed E-state index contributed by atoms with van der Waals surface area (Å²) in [6.07, 6.45) is 0.771. The Hall–Kier alpha value is -1.70. The molecule has 0 bridgehead atoms. The highest BCUT2D eigenvalue weighted by molar-refractivity contribution is 5.16. The third kappa shape index (κ3) is 4.35. The van der Waals surface area contributed by atoms with Crippen LogP contribution in [0.1, 0.15) is 18.1 Å². The fourth-order valence-electron chi connectivity index (χ4n) is 1.34. The summed E-state index contributed by atoms with van der Waals surface area (Å²) in [5, 5.41) is 0. The summed E-state index contributed by atoms with van der Waals surface area (Å²) < 4.78 is 24.9. The second-order valence-electron chi connectivity index (χ2n) is 3.69. The number of rotatable bonds is 1. The van der Waals surface area contributed by atoms with Gasteiger partial charge in [-0.25, -0.2) is 8.78 Å². The lowest BCUT2D eigenvalue weighted by atomic mass is 10.2. The molecule has 0 saturated carbocycles. The van der Waals surface area contributed by atoms with Gasteiger partial charge in [0.2, 0.25) is 0 Å². The molecule has 90 valence electrons. The van der Waals surface area contributed by atoms with E-state index in [2.05, 4.69) is 0 Å². The fourth-order valence-corrected chi connectivity index (χ4v) is 1.34. The summed E-state index contributed by atoms with van der Waals surface area (Å²) in [6, 6.07) is 13.5. The van der Waals surface area contributed by atoms with E-state index in [1.165, 1.54) is 12.1 Å². The van der Waals surface area contributed by atoms with Crippen LogP contribution in [0.5, 0.6) is 0 Å². The number of benzene rings is 2. The third-order valence-electron chi connectivity index (χ3n) is 2.42. The van der Waals surface area contributed by atoms with E-state index in [1.807, 2.05) is 19.1 Å². The summed E-state index contributed by atoms with van der Waals surface area (Å²) in [7, 11) is 0. The molecule has 0 aliphatic heterocycles. The van der Waals surface area contributed by atoms with E-state index in [9.17, 15) is 8.78 Å². The zero-order chi connectivity index (χ0) is 12.7. The lowest BCUT2D eigenvalue weighted by Gasteiger charge is -1.94. The molecule has 0 nitrogen and oxygen atoms in total. The molecule has 0 aliphatic carbocycles. The lowest BCUT2D eigenvalue weighted by molar-refractivity contribution is 0.612. The van der Waals surface area contributed by atoms with Crippen LogP contribution in [0.2, 0.25) is 0 Å². The Morgan fingerprint density at radius 1 is 0.824 bits per heavy atom. The van der Waals surface area contributed by atoms with Crippen molar-refractivity contribution in [2.24, 2.45) is 0 Å². The lowest BCUT2D eigenvalue weighted by Crippen LogP contribution is -1.83. The van der Waals surface area contributed by atoms with Gasteiger partial charge in [0, 0.05) is 0 Å². The Balaban J connectivity index is 0.000000171. The van der Waals surface area contributed by atoms with Crippen LogP contribution in [0.25, 0.3) is 0 Å². The van der Waals surface area contributed by atoms with E-state index in [-0.39, 0.29) is 11.6 Å². The average molecular weight is 234 g/mol. The first kappa shape index (κ1) is 13.4. The van der Waals surface area contributed by atoms with Crippen LogP contribution >= 0.6 is 0 Å². The molecular formula is C15H16F2. The molecular weight excluding hydrogens is 218 g/mol. The second-order valence-corrected chi connectivity index (χ2v) is 3.69. The van der Waals surface area contributed by atoms with Crippen LogP contribution < -0.4 is 0 Å². The first-order valence-electron chi connectivity index (χ1n) is 5.59. The van der Waals surface area contributed by atoms with Crippen molar-refractivity contribution in [3.63, 3.8) is 0 Å². The SMILES string of the molecule is CCc1ccccc1F.Cc1ccccc1F. The van der Waals surface area contributed by atoms with Crippen LogP contribution in [0, 0.1) is 18.6 Å². The standard InChI is InChI=1S/C8H9F.C7H7F/c1-2-7-5-3-4-6-8(7)9;1-6-4-2-3-5-7(6)8/h3-6H,2H2,1H3;2-5H,1H3. The molecule has 0 unspecified atom stereocenters. The van der Waals surface area contributed by atoms with Crippen molar-refractivity contribution in [3.8, 4) is 0 Å². The Kier molecular flexibility index (Phi) is 5.34. The van der Waals surface area contributed by atoms with E-state index in [4.69, 9.17) is 0 Å². The quantitative estimate of drug-likeness (QED) is 0.680. The van der Waals surface area contributed by atoms with Gasteiger partial charge in [-0.1, -0.05) is 43.3 Å². The van der Waals surface area contributed by atoms with Gasteiger partial charge in [0.1, 0.15) is 11.6 Å². The Morgan fingerprint density at radius 2 is 1.35 bits per heavy atom. The zero-order valence-electron chi connectivity index (χ0n) is 10.1. The van der Waals surface area contributed by atoms with Crippen molar-refractivity contribution in [1.82, 2.24) is 0 Å². The monoisotopic (exact) mass is 234 g/mol. The van der Waals surface area contributed by atoms with Gasteiger partial charge in [0.25, 0.3) is 0 Å². The van der Waals surface area contributed by atoms with Crippen molar-refractivity contribution in [2.75, 3.05) is 0 Å². The average Bonchev–Trinajstić information content (AvgIpc) is 2.34. The highest BCUT2D eigenvalue weighted by atomic mass is 19.1. The van der Waals surface area contributed by atoms with Gasteiger partial charge in [-0.15, -0.1) is 0 Å². The zero-order valence-corrected chi connectivity index (χ0v) is 10.1. The van der Waals surface area contributed by atoms with E-state index < -0.39 is 0 Å². The predicted molar refractivity (Wildman–Crippen MR) is 66.9 cm³/mol. The molecule has 0 amide bonds. The predicted octanol–water partition coefficient (Wildman–Crippen LogP) is 4.52. The maximum atomic E-state index is 12.6. The van der Waals surface area contributed by atoms with Gasteiger partial charge in [-0.3, -0.25) is 0 Å². The highest BCUT2D eigenvalue weighted by Gasteiger charge is 1.93. The van der Waals surface area contributed by atoms with Crippen LogP contribution in [0.3, 0.4) is 0 Å². The number of hydrogen-bond donors (Lipinski definition) is 0. The minimum atomic E-state index is -0.132. The van der Waals surface area contributed by atoms with Gasteiger partial charge >= 0.3 is 0 Å². The molecule has 2 aromatic carbocycles. The fraction of sp³-hybridized carbons (Fsp3) is 0.200. The number of halogens is 2. The van der Waals surface area contributed by atoms with Crippen molar-refractivity contribution in [1.29, 1.82) is 0 Å². The second kappa shape index (κ2) is 6.79.